The van der Waals surface area contributed by atoms with Gasteiger partial charge in [-0.05, 0) is 61.1 Å². The summed E-state index contributed by atoms with van der Waals surface area (Å²) in [5.74, 6) is -0.155. The number of carbonyl (C=O) groups excluding carboxylic acids is 1. The Hall–Kier alpha value is -2.69. The molecule has 1 N–H and O–H groups in total. The molecule has 0 bridgehead atoms. The molecule has 1 fully saturated rings. The van der Waals surface area contributed by atoms with Gasteiger partial charge in [-0.15, -0.1) is 0 Å². The number of hydrogen-bond donors (Lipinski definition) is 1. The van der Waals surface area contributed by atoms with Gasteiger partial charge in [-0.3, -0.25) is 4.79 Å². The number of aryl methyl sites for hydroxylation is 1. The molecule has 1 saturated heterocycles. The van der Waals surface area contributed by atoms with Crippen molar-refractivity contribution >= 4 is 15.9 Å². The first-order valence-corrected chi connectivity index (χ1v) is 11.3. The highest BCUT2D eigenvalue weighted by molar-refractivity contribution is 7.89. The smallest absolute Gasteiger partial charge is 0.243 e. The second kappa shape index (κ2) is 7.97. The number of benzene rings is 2. The van der Waals surface area contributed by atoms with E-state index >= 15 is 0 Å². The molecule has 6 nitrogen and oxygen atoms in total. The van der Waals surface area contributed by atoms with Gasteiger partial charge in [0.1, 0.15) is 0 Å². The third-order valence-corrected chi connectivity index (χ3v) is 7.81. The monoisotopic (exact) mass is 409 g/mol. The van der Waals surface area contributed by atoms with Gasteiger partial charge in [0.05, 0.1) is 22.6 Å². The number of rotatable bonds is 4. The van der Waals surface area contributed by atoms with Crippen molar-refractivity contribution in [3.05, 3.63) is 65.2 Å². The number of nitrogens with one attached hydrogen (secondary N) is 1. The maximum atomic E-state index is 12.8. The van der Waals surface area contributed by atoms with Crippen LogP contribution in [0.15, 0.2) is 53.4 Å². The summed E-state index contributed by atoms with van der Waals surface area (Å²) in [6.45, 7) is 0.642. The van der Waals surface area contributed by atoms with E-state index in [0.717, 1.165) is 12.8 Å². The van der Waals surface area contributed by atoms with Crippen LogP contribution >= 0.6 is 0 Å². The van der Waals surface area contributed by atoms with Crippen molar-refractivity contribution < 1.29 is 13.2 Å². The summed E-state index contributed by atoms with van der Waals surface area (Å²) < 4.78 is 27.1. The molecule has 150 valence electrons. The fourth-order valence-corrected chi connectivity index (χ4v) is 5.68. The fraction of sp³-hybridized carbons (Fsp3) is 0.364. The van der Waals surface area contributed by atoms with Gasteiger partial charge in [-0.25, -0.2) is 8.42 Å². The van der Waals surface area contributed by atoms with Crippen LogP contribution in [0, 0.1) is 17.2 Å². The second-order valence-electron chi connectivity index (χ2n) is 7.61. The third kappa shape index (κ3) is 3.91. The first-order chi connectivity index (χ1) is 14.0. The average molecular weight is 410 g/mol. The van der Waals surface area contributed by atoms with Gasteiger partial charge in [-0.2, -0.15) is 9.57 Å². The van der Waals surface area contributed by atoms with Crippen molar-refractivity contribution in [1.82, 2.24) is 9.62 Å². The van der Waals surface area contributed by atoms with E-state index < -0.39 is 10.0 Å². The van der Waals surface area contributed by atoms with Crippen LogP contribution in [-0.2, 0) is 21.2 Å². The van der Waals surface area contributed by atoms with Gasteiger partial charge in [0.15, 0.2) is 0 Å². The van der Waals surface area contributed by atoms with Crippen LogP contribution in [0.1, 0.15) is 42.0 Å². The van der Waals surface area contributed by atoms with E-state index in [9.17, 15) is 13.2 Å². The Bertz CT molecular complexity index is 1050. The molecule has 1 aliphatic heterocycles. The number of piperidine rings is 1. The molecule has 1 heterocycles. The van der Waals surface area contributed by atoms with E-state index in [-0.39, 0.29) is 22.8 Å². The Kier molecular flexibility index (Phi) is 5.39. The third-order valence-electron chi connectivity index (χ3n) is 5.90. The van der Waals surface area contributed by atoms with Gasteiger partial charge in [0.2, 0.25) is 15.9 Å². The largest absolute Gasteiger partial charge is 0.349 e. The van der Waals surface area contributed by atoms with Crippen molar-refractivity contribution in [2.75, 3.05) is 13.1 Å². The number of fused-ring (bicyclic) bond motifs is 1. The molecule has 1 amide bonds. The molecule has 4 rings (SSSR count). The van der Waals surface area contributed by atoms with Crippen LogP contribution in [0.4, 0.5) is 0 Å². The standard InChI is InChI=1S/C22H23N3O3S/c23-15-16-5-8-19(9-6-16)29(27,28)25-13-11-18(12-14-25)22(26)24-21-10-7-17-3-1-2-4-20(17)21/h1-6,8-9,18,21H,7,10-14H2,(H,24,26)/t21-/m1/s1. The summed E-state index contributed by atoms with van der Waals surface area (Å²) in [6.07, 6.45) is 2.91. The quantitative estimate of drug-likeness (QED) is 0.841. The predicted octanol–water partition coefficient (Wildman–Crippen LogP) is 2.76. The molecule has 2 aromatic rings. The Morgan fingerprint density at radius 2 is 1.72 bits per heavy atom. The molecule has 0 saturated carbocycles. The average Bonchev–Trinajstić information content (AvgIpc) is 3.16. The SMILES string of the molecule is N#Cc1ccc(S(=O)(=O)N2CCC(C(=O)N[C@@H]3CCc4ccccc43)CC2)cc1. The lowest BCUT2D eigenvalue weighted by atomic mass is 9.96. The van der Waals surface area contributed by atoms with Crippen molar-refractivity contribution in [3.63, 3.8) is 0 Å². The highest BCUT2D eigenvalue weighted by Crippen LogP contribution is 2.32. The lowest BCUT2D eigenvalue weighted by Crippen LogP contribution is -2.43. The summed E-state index contributed by atoms with van der Waals surface area (Å²) in [5.41, 5.74) is 2.91. The molecule has 0 radical (unpaired) electrons. The maximum Gasteiger partial charge on any atom is 0.243 e. The predicted molar refractivity (Wildman–Crippen MR) is 108 cm³/mol. The van der Waals surface area contributed by atoms with Gasteiger partial charge in [-0.1, -0.05) is 24.3 Å². The molecular formula is C22H23N3O3S. The summed E-state index contributed by atoms with van der Waals surface area (Å²) in [6, 6.07) is 16.2. The topological polar surface area (TPSA) is 90.3 Å². The highest BCUT2D eigenvalue weighted by Gasteiger charge is 2.33. The Morgan fingerprint density at radius 3 is 2.41 bits per heavy atom. The lowest BCUT2D eigenvalue weighted by Gasteiger charge is -2.31. The van der Waals surface area contributed by atoms with Crippen molar-refractivity contribution in [2.45, 2.75) is 36.6 Å². The molecule has 1 aliphatic carbocycles. The van der Waals surface area contributed by atoms with Crippen LogP contribution in [0.5, 0.6) is 0 Å². The molecule has 0 spiro atoms. The number of nitriles is 1. The Balaban J connectivity index is 1.36. The minimum Gasteiger partial charge on any atom is -0.349 e. The normalized spacial score (nSPS) is 20.0. The lowest BCUT2D eigenvalue weighted by molar-refractivity contribution is -0.126. The van der Waals surface area contributed by atoms with Gasteiger partial charge >= 0.3 is 0 Å². The number of amides is 1. The highest BCUT2D eigenvalue weighted by atomic mass is 32.2. The van der Waals surface area contributed by atoms with E-state index in [1.165, 1.54) is 39.7 Å². The number of nitrogens with zero attached hydrogens (tertiary/aromatic N) is 2. The minimum absolute atomic E-state index is 0.0159. The van der Waals surface area contributed by atoms with E-state index in [4.69, 9.17) is 5.26 Å². The molecule has 29 heavy (non-hydrogen) atoms. The van der Waals surface area contributed by atoms with E-state index in [2.05, 4.69) is 17.4 Å². The fourth-order valence-electron chi connectivity index (χ4n) is 4.21. The zero-order valence-corrected chi connectivity index (χ0v) is 16.9. The summed E-state index contributed by atoms with van der Waals surface area (Å²) >= 11 is 0. The van der Waals surface area contributed by atoms with Crippen LogP contribution < -0.4 is 5.32 Å². The van der Waals surface area contributed by atoms with Crippen LogP contribution in [0.2, 0.25) is 0 Å². The molecule has 0 unspecified atom stereocenters. The molecule has 1 atom stereocenters. The summed E-state index contributed by atoms with van der Waals surface area (Å²) in [7, 11) is -3.61. The molecular weight excluding hydrogens is 386 g/mol. The van der Waals surface area contributed by atoms with Crippen molar-refractivity contribution in [3.8, 4) is 6.07 Å². The van der Waals surface area contributed by atoms with Gasteiger partial charge < -0.3 is 5.32 Å². The van der Waals surface area contributed by atoms with E-state index in [0.29, 0.717) is 31.5 Å². The van der Waals surface area contributed by atoms with E-state index in [1.807, 2.05) is 18.2 Å². The molecule has 2 aromatic carbocycles. The number of sulfonamides is 1. The van der Waals surface area contributed by atoms with E-state index in [1.54, 1.807) is 0 Å². The van der Waals surface area contributed by atoms with Crippen molar-refractivity contribution in [1.29, 1.82) is 5.26 Å². The number of carbonyl (C=O) groups is 1. The first kappa shape index (κ1) is 19.6. The number of hydrogen-bond acceptors (Lipinski definition) is 4. The summed E-state index contributed by atoms with van der Waals surface area (Å²) in [4.78, 5) is 12.9. The molecule has 0 aromatic heterocycles. The Morgan fingerprint density at radius 1 is 1.03 bits per heavy atom. The Labute approximate surface area is 171 Å². The van der Waals surface area contributed by atoms with Gasteiger partial charge in [0.25, 0.3) is 0 Å². The maximum absolute atomic E-state index is 12.8. The van der Waals surface area contributed by atoms with Crippen LogP contribution in [-0.4, -0.2) is 31.7 Å². The van der Waals surface area contributed by atoms with Gasteiger partial charge in [0, 0.05) is 19.0 Å². The zero-order valence-electron chi connectivity index (χ0n) is 16.0. The van der Waals surface area contributed by atoms with Crippen LogP contribution in [0.25, 0.3) is 0 Å². The van der Waals surface area contributed by atoms with Crippen LogP contribution in [0.3, 0.4) is 0 Å². The first-order valence-electron chi connectivity index (χ1n) is 9.87. The minimum atomic E-state index is -3.61. The zero-order chi connectivity index (χ0) is 20.4. The van der Waals surface area contributed by atoms with Crippen molar-refractivity contribution in [2.24, 2.45) is 5.92 Å². The summed E-state index contributed by atoms with van der Waals surface area (Å²) in [5, 5.41) is 12.0. The second-order valence-corrected chi connectivity index (χ2v) is 9.55. The molecule has 2 aliphatic rings. The molecule has 7 heteroatoms.